The van der Waals surface area contributed by atoms with E-state index in [4.69, 9.17) is 16.3 Å². The van der Waals surface area contributed by atoms with Gasteiger partial charge in [-0.25, -0.2) is 0 Å². The highest BCUT2D eigenvalue weighted by Gasteiger charge is 2.13. The Morgan fingerprint density at radius 1 is 1.30 bits per heavy atom. The first-order valence-corrected chi connectivity index (χ1v) is 10.1. The van der Waals surface area contributed by atoms with Gasteiger partial charge in [0.25, 0.3) is 5.91 Å². The Morgan fingerprint density at radius 2 is 1.93 bits per heavy atom. The molecule has 2 rings (SSSR count). The van der Waals surface area contributed by atoms with E-state index in [0.717, 1.165) is 8.95 Å². The molecule has 0 aromatic heterocycles. The number of nitrogens with one attached hydrogen (secondary N) is 1. The van der Waals surface area contributed by atoms with E-state index in [1.807, 2.05) is 6.07 Å². The third-order valence-corrected chi connectivity index (χ3v) is 4.89. The van der Waals surface area contributed by atoms with Crippen LogP contribution >= 0.6 is 43.5 Å². The molecule has 0 unspecified atom stereocenters. The predicted octanol–water partition coefficient (Wildman–Crippen LogP) is 6.45. The van der Waals surface area contributed by atoms with Crippen LogP contribution in [0, 0.1) is 17.2 Å². The van der Waals surface area contributed by atoms with Crippen molar-refractivity contribution in [2.45, 2.75) is 13.8 Å². The van der Waals surface area contributed by atoms with Crippen LogP contribution < -0.4 is 10.1 Å². The number of nitrogens with zero attached hydrogens (tertiary/aromatic N) is 1. The predicted molar refractivity (Wildman–Crippen MR) is 116 cm³/mol. The van der Waals surface area contributed by atoms with Crippen molar-refractivity contribution in [2.75, 3.05) is 11.9 Å². The van der Waals surface area contributed by atoms with Crippen molar-refractivity contribution in [3.8, 4) is 11.8 Å². The standard InChI is InChI=1S/C20H17Br2ClN2O2/c1-12(2)11-27-19-15(21)8-13(9-16(19)22)7-14(10-24)20(26)25-18-6-4-3-5-17(18)23/h3-9,12H,11H2,1-2H3,(H,25,26)/b14-7+. The molecule has 0 saturated heterocycles. The molecule has 4 nitrogen and oxygen atoms in total. The van der Waals surface area contributed by atoms with Gasteiger partial charge in [-0.2, -0.15) is 5.26 Å². The fourth-order valence-electron chi connectivity index (χ4n) is 2.12. The van der Waals surface area contributed by atoms with Crippen molar-refractivity contribution in [3.05, 3.63) is 61.5 Å². The number of benzene rings is 2. The van der Waals surface area contributed by atoms with Gasteiger partial charge in [0, 0.05) is 0 Å². The molecule has 7 heteroatoms. The zero-order valence-electron chi connectivity index (χ0n) is 14.7. The Hall–Kier alpha value is -1.81. The number of ether oxygens (including phenoxy) is 1. The maximum Gasteiger partial charge on any atom is 0.266 e. The highest BCUT2D eigenvalue weighted by Crippen LogP contribution is 2.35. The molecule has 1 N–H and O–H groups in total. The van der Waals surface area contributed by atoms with Gasteiger partial charge in [-0.15, -0.1) is 0 Å². The molecular weight excluding hydrogens is 495 g/mol. The molecule has 0 saturated carbocycles. The van der Waals surface area contributed by atoms with Crippen LogP contribution in [-0.2, 0) is 4.79 Å². The van der Waals surface area contributed by atoms with Crippen molar-refractivity contribution in [3.63, 3.8) is 0 Å². The minimum atomic E-state index is -0.530. The summed E-state index contributed by atoms with van der Waals surface area (Å²) in [6.07, 6.45) is 1.51. The van der Waals surface area contributed by atoms with Gasteiger partial charge >= 0.3 is 0 Å². The van der Waals surface area contributed by atoms with Gasteiger partial charge in [-0.1, -0.05) is 37.6 Å². The first kappa shape index (κ1) is 21.5. The van der Waals surface area contributed by atoms with E-state index in [0.29, 0.717) is 34.5 Å². The van der Waals surface area contributed by atoms with E-state index < -0.39 is 5.91 Å². The summed E-state index contributed by atoms with van der Waals surface area (Å²) < 4.78 is 7.24. The normalized spacial score (nSPS) is 11.2. The van der Waals surface area contributed by atoms with Crippen LogP contribution in [0.15, 0.2) is 50.9 Å². The molecule has 2 aromatic rings. The van der Waals surface area contributed by atoms with Crippen molar-refractivity contribution in [1.82, 2.24) is 0 Å². The Balaban J connectivity index is 2.25. The van der Waals surface area contributed by atoms with Crippen molar-refractivity contribution in [2.24, 2.45) is 5.92 Å². The monoisotopic (exact) mass is 510 g/mol. The third-order valence-electron chi connectivity index (χ3n) is 3.38. The number of amides is 1. The lowest BCUT2D eigenvalue weighted by atomic mass is 10.1. The van der Waals surface area contributed by atoms with E-state index >= 15 is 0 Å². The largest absolute Gasteiger partial charge is 0.491 e. The zero-order chi connectivity index (χ0) is 20.0. The SMILES string of the molecule is CC(C)COc1c(Br)cc(/C=C(\C#N)C(=O)Nc2ccccc2Cl)cc1Br. The quantitative estimate of drug-likeness (QED) is 0.358. The number of carbonyl (C=O) groups is 1. The van der Waals surface area contributed by atoms with E-state index in [1.54, 1.807) is 36.4 Å². The van der Waals surface area contributed by atoms with Crippen molar-refractivity contribution >= 4 is 61.1 Å². The van der Waals surface area contributed by atoms with Gasteiger partial charge in [0.15, 0.2) is 0 Å². The number of hydrogen-bond donors (Lipinski definition) is 1. The van der Waals surface area contributed by atoms with Crippen LogP contribution in [-0.4, -0.2) is 12.5 Å². The third kappa shape index (κ3) is 6.10. The van der Waals surface area contributed by atoms with Crippen LogP contribution in [0.1, 0.15) is 19.4 Å². The molecule has 0 fully saturated rings. The Kier molecular flexibility index (Phi) is 7.91. The van der Waals surface area contributed by atoms with E-state index in [-0.39, 0.29) is 5.57 Å². The van der Waals surface area contributed by atoms with Crippen LogP contribution in [0.4, 0.5) is 5.69 Å². The fourth-order valence-corrected chi connectivity index (χ4v) is 3.75. The highest BCUT2D eigenvalue weighted by molar-refractivity contribution is 9.11. The highest BCUT2D eigenvalue weighted by atomic mass is 79.9. The topological polar surface area (TPSA) is 62.1 Å². The number of anilines is 1. The molecule has 1 amide bonds. The van der Waals surface area contributed by atoms with E-state index in [1.165, 1.54) is 6.08 Å². The van der Waals surface area contributed by atoms with E-state index in [9.17, 15) is 10.1 Å². The van der Waals surface area contributed by atoms with Crippen molar-refractivity contribution in [1.29, 1.82) is 5.26 Å². The number of hydrogen-bond acceptors (Lipinski definition) is 3. The van der Waals surface area contributed by atoms with Crippen molar-refractivity contribution < 1.29 is 9.53 Å². The number of rotatable bonds is 6. The molecule has 0 aliphatic carbocycles. The molecule has 0 heterocycles. The summed E-state index contributed by atoms with van der Waals surface area (Å²) in [6, 6.07) is 12.4. The number of nitriles is 1. The van der Waals surface area contributed by atoms with Gasteiger partial charge in [0.1, 0.15) is 17.4 Å². The number of para-hydroxylation sites is 1. The van der Waals surface area contributed by atoms with Gasteiger partial charge < -0.3 is 10.1 Å². The summed E-state index contributed by atoms with van der Waals surface area (Å²) in [7, 11) is 0. The Labute approximate surface area is 180 Å². The first-order chi connectivity index (χ1) is 12.8. The maximum absolute atomic E-state index is 12.4. The molecule has 0 spiro atoms. The summed E-state index contributed by atoms with van der Waals surface area (Å²) >= 11 is 13.0. The van der Waals surface area contributed by atoms with Gasteiger partial charge in [-0.05, 0) is 73.7 Å². The second kappa shape index (κ2) is 9.93. The molecule has 27 heavy (non-hydrogen) atoms. The number of carbonyl (C=O) groups excluding carboxylic acids is 1. The van der Waals surface area contributed by atoms with Crippen LogP contribution in [0.3, 0.4) is 0 Å². The minimum Gasteiger partial charge on any atom is -0.491 e. The lowest BCUT2D eigenvalue weighted by Gasteiger charge is -2.13. The summed E-state index contributed by atoms with van der Waals surface area (Å²) in [4.78, 5) is 12.4. The van der Waals surface area contributed by atoms with Gasteiger partial charge in [0.05, 0.1) is 26.3 Å². The van der Waals surface area contributed by atoms with Crippen LogP contribution in [0.2, 0.25) is 5.02 Å². The Bertz CT molecular complexity index is 897. The Morgan fingerprint density at radius 3 is 2.48 bits per heavy atom. The second-order valence-electron chi connectivity index (χ2n) is 6.12. The lowest BCUT2D eigenvalue weighted by Crippen LogP contribution is -2.13. The molecular formula is C20H17Br2ClN2O2. The molecule has 0 atom stereocenters. The molecule has 0 radical (unpaired) electrons. The lowest BCUT2D eigenvalue weighted by molar-refractivity contribution is -0.112. The molecule has 0 aliphatic rings. The second-order valence-corrected chi connectivity index (χ2v) is 8.24. The fraction of sp³-hybridized carbons (Fsp3) is 0.200. The average molecular weight is 513 g/mol. The maximum atomic E-state index is 12.4. The number of halogens is 3. The summed E-state index contributed by atoms with van der Waals surface area (Å²) in [5.74, 6) is 0.542. The van der Waals surface area contributed by atoms with Crippen LogP contribution in [0.5, 0.6) is 5.75 Å². The summed E-state index contributed by atoms with van der Waals surface area (Å²) in [5, 5.41) is 12.4. The zero-order valence-corrected chi connectivity index (χ0v) is 18.7. The molecule has 0 bridgehead atoms. The molecule has 2 aromatic carbocycles. The minimum absolute atomic E-state index is 0.0374. The molecule has 0 aliphatic heterocycles. The summed E-state index contributed by atoms with van der Waals surface area (Å²) in [5.41, 5.74) is 1.09. The smallest absolute Gasteiger partial charge is 0.266 e. The van der Waals surface area contributed by atoms with Crippen LogP contribution in [0.25, 0.3) is 6.08 Å². The molecule has 140 valence electrons. The van der Waals surface area contributed by atoms with Gasteiger partial charge in [-0.3, -0.25) is 4.79 Å². The summed E-state index contributed by atoms with van der Waals surface area (Å²) in [6.45, 7) is 4.71. The van der Waals surface area contributed by atoms with E-state index in [2.05, 4.69) is 51.0 Å². The first-order valence-electron chi connectivity index (χ1n) is 8.11. The average Bonchev–Trinajstić information content (AvgIpc) is 2.60. The van der Waals surface area contributed by atoms with Gasteiger partial charge in [0.2, 0.25) is 0 Å².